The first-order chi connectivity index (χ1) is 8.49. The highest BCUT2D eigenvalue weighted by atomic mass is 35.5. The Kier molecular flexibility index (Phi) is 6.04. The third-order valence-corrected chi connectivity index (χ3v) is 5.46. The van der Waals surface area contributed by atoms with Gasteiger partial charge in [0, 0.05) is 45.2 Å². The number of carbonyl (C=O) groups is 1. The van der Waals surface area contributed by atoms with Crippen LogP contribution >= 0.6 is 12.4 Å². The van der Waals surface area contributed by atoms with Crippen molar-refractivity contribution < 1.29 is 13.2 Å². The van der Waals surface area contributed by atoms with Crippen molar-refractivity contribution in [3.63, 3.8) is 0 Å². The van der Waals surface area contributed by atoms with E-state index in [1.54, 1.807) is 0 Å². The van der Waals surface area contributed by atoms with Crippen molar-refractivity contribution in [1.29, 1.82) is 0 Å². The van der Waals surface area contributed by atoms with E-state index in [-0.39, 0.29) is 24.1 Å². The maximum Gasteiger partial charge on any atom is 0.223 e. The van der Waals surface area contributed by atoms with Crippen LogP contribution in [0.15, 0.2) is 0 Å². The summed E-state index contributed by atoms with van der Waals surface area (Å²) in [5, 5.41) is 3.28. The average Bonchev–Trinajstić information content (AvgIpc) is 2.65. The summed E-state index contributed by atoms with van der Waals surface area (Å²) in [6, 6.07) is 0.318. The van der Waals surface area contributed by atoms with Crippen molar-refractivity contribution in [1.82, 2.24) is 14.5 Å². The van der Waals surface area contributed by atoms with Gasteiger partial charge in [0.05, 0.1) is 5.75 Å². The van der Waals surface area contributed by atoms with E-state index in [9.17, 15) is 13.2 Å². The molecular weight excluding hydrogens is 290 g/mol. The van der Waals surface area contributed by atoms with E-state index >= 15 is 0 Å². The molecule has 2 aliphatic heterocycles. The predicted molar refractivity (Wildman–Crippen MR) is 75.9 cm³/mol. The molecule has 0 bridgehead atoms. The first-order valence-corrected chi connectivity index (χ1v) is 8.09. The fraction of sp³-hybridized carbons (Fsp3) is 0.909. The summed E-state index contributed by atoms with van der Waals surface area (Å²) >= 11 is 0. The Morgan fingerprint density at radius 2 is 2.11 bits per heavy atom. The Labute approximate surface area is 121 Å². The second-order valence-corrected chi connectivity index (χ2v) is 7.10. The molecule has 0 aromatic heterocycles. The van der Waals surface area contributed by atoms with Gasteiger partial charge >= 0.3 is 0 Å². The first kappa shape index (κ1) is 16.7. The molecule has 2 heterocycles. The summed E-state index contributed by atoms with van der Waals surface area (Å²) in [5.41, 5.74) is 0. The minimum Gasteiger partial charge on any atom is -0.340 e. The van der Waals surface area contributed by atoms with E-state index in [2.05, 4.69) is 5.32 Å². The van der Waals surface area contributed by atoms with Crippen molar-refractivity contribution in [3.05, 3.63) is 0 Å². The van der Waals surface area contributed by atoms with Crippen LogP contribution in [-0.4, -0.2) is 68.0 Å². The lowest BCUT2D eigenvalue weighted by Crippen LogP contribution is -2.51. The SMILES string of the molecule is CC1CN(C(=O)CCN2CCCS2(=O)=O)CCN1.Cl. The zero-order valence-electron chi connectivity index (χ0n) is 11.2. The Balaban J connectivity index is 0.00000180. The molecular formula is C11H22ClN3O3S. The van der Waals surface area contributed by atoms with Crippen molar-refractivity contribution in [3.8, 4) is 0 Å². The lowest BCUT2D eigenvalue weighted by Gasteiger charge is -2.32. The molecule has 1 atom stereocenters. The number of sulfonamides is 1. The van der Waals surface area contributed by atoms with Gasteiger partial charge in [-0.15, -0.1) is 12.4 Å². The van der Waals surface area contributed by atoms with Gasteiger partial charge < -0.3 is 10.2 Å². The van der Waals surface area contributed by atoms with E-state index < -0.39 is 10.0 Å². The van der Waals surface area contributed by atoms with Gasteiger partial charge in [-0.1, -0.05) is 0 Å². The standard InChI is InChI=1S/C11H21N3O3S.ClH/c1-10-9-13(7-4-12-10)11(15)3-6-14-5-2-8-18(14,16)17;/h10,12H,2-9H2,1H3;1H. The van der Waals surface area contributed by atoms with Crippen LogP contribution in [0.2, 0.25) is 0 Å². The second kappa shape index (κ2) is 6.88. The fourth-order valence-corrected chi connectivity index (χ4v) is 4.01. The van der Waals surface area contributed by atoms with Crippen LogP contribution in [0.3, 0.4) is 0 Å². The van der Waals surface area contributed by atoms with Crippen molar-refractivity contribution in [2.24, 2.45) is 0 Å². The predicted octanol–water partition coefficient (Wildman–Crippen LogP) is -0.346. The molecule has 0 spiro atoms. The van der Waals surface area contributed by atoms with Gasteiger partial charge in [-0.3, -0.25) is 4.79 Å². The number of piperazine rings is 1. The van der Waals surface area contributed by atoms with Crippen molar-refractivity contribution in [2.75, 3.05) is 38.5 Å². The minimum atomic E-state index is -3.07. The summed E-state index contributed by atoms with van der Waals surface area (Å²) in [6.45, 7) is 5.19. The lowest BCUT2D eigenvalue weighted by atomic mass is 10.2. The van der Waals surface area contributed by atoms with E-state index in [4.69, 9.17) is 0 Å². The minimum absolute atomic E-state index is 0. The highest BCUT2D eigenvalue weighted by Gasteiger charge is 2.29. The zero-order chi connectivity index (χ0) is 13.2. The maximum absolute atomic E-state index is 12.0. The van der Waals surface area contributed by atoms with E-state index in [1.165, 1.54) is 4.31 Å². The summed E-state index contributed by atoms with van der Waals surface area (Å²) in [7, 11) is -3.07. The number of hydrogen-bond acceptors (Lipinski definition) is 4. The molecule has 0 aromatic rings. The zero-order valence-corrected chi connectivity index (χ0v) is 12.8. The fourth-order valence-electron chi connectivity index (χ4n) is 2.48. The van der Waals surface area contributed by atoms with Gasteiger partial charge in [-0.2, -0.15) is 0 Å². The van der Waals surface area contributed by atoms with E-state index in [0.29, 0.717) is 38.5 Å². The third-order valence-electron chi connectivity index (χ3n) is 3.50. The molecule has 2 aliphatic rings. The van der Waals surface area contributed by atoms with Gasteiger partial charge in [0.15, 0.2) is 0 Å². The Morgan fingerprint density at radius 1 is 1.37 bits per heavy atom. The summed E-state index contributed by atoms with van der Waals surface area (Å²) < 4.78 is 24.6. The molecule has 2 saturated heterocycles. The largest absolute Gasteiger partial charge is 0.340 e. The molecule has 0 aliphatic carbocycles. The Morgan fingerprint density at radius 3 is 2.68 bits per heavy atom. The molecule has 19 heavy (non-hydrogen) atoms. The topological polar surface area (TPSA) is 69.7 Å². The number of rotatable bonds is 3. The van der Waals surface area contributed by atoms with Crippen LogP contribution in [0.1, 0.15) is 19.8 Å². The molecule has 1 unspecified atom stereocenters. The van der Waals surface area contributed by atoms with Crippen molar-refractivity contribution in [2.45, 2.75) is 25.8 Å². The van der Waals surface area contributed by atoms with Crippen LogP contribution < -0.4 is 5.32 Å². The van der Waals surface area contributed by atoms with E-state index in [1.807, 2.05) is 11.8 Å². The second-order valence-electron chi connectivity index (χ2n) is 5.01. The summed E-state index contributed by atoms with van der Waals surface area (Å²) in [5.74, 6) is 0.289. The van der Waals surface area contributed by atoms with Gasteiger partial charge in [-0.05, 0) is 13.3 Å². The van der Waals surface area contributed by atoms with Crippen LogP contribution in [0.25, 0.3) is 0 Å². The van der Waals surface area contributed by atoms with Crippen LogP contribution in [0.4, 0.5) is 0 Å². The van der Waals surface area contributed by atoms with Gasteiger partial charge in [-0.25, -0.2) is 12.7 Å². The van der Waals surface area contributed by atoms with Gasteiger partial charge in [0.25, 0.3) is 0 Å². The Bertz CT molecular complexity index is 415. The molecule has 2 rings (SSSR count). The molecule has 0 saturated carbocycles. The number of halogens is 1. The Hall–Kier alpha value is -0.370. The van der Waals surface area contributed by atoms with Crippen molar-refractivity contribution >= 4 is 28.3 Å². The first-order valence-electron chi connectivity index (χ1n) is 6.48. The normalized spacial score (nSPS) is 27.0. The lowest BCUT2D eigenvalue weighted by molar-refractivity contribution is -0.132. The summed E-state index contributed by atoms with van der Waals surface area (Å²) in [4.78, 5) is 13.8. The molecule has 1 N–H and O–H groups in total. The number of nitrogens with one attached hydrogen (secondary N) is 1. The van der Waals surface area contributed by atoms with E-state index in [0.717, 1.165) is 13.1 Å². The monoisotopic (exact) mass is 311 g/mol. The highest BCUT2D eigenvalue weighted by molar-refractivity contribution is 7.89. The molecule has 0 aromatic carbocycles. The third kappa shape index (κ3) is 4.30. The van der Waals surface area contributed by atoms with Crippen LogP contribution in [-0.2, 0) is 14.8 Å². The molecule has 112 valence electrons. The number of nitrogens with zero attached hydrogens (tertiary/aromatic N) is 2. The van der Waals surface area contributed by atoms with Gasteiger partial charge in [0.2, 0.25) is 15.9 Å². The quantitative estimate of drug-likeness (QED) is 0.774. The highest BCUT2D eigenvalue weighted by Crippen LogP contribution is 2.14. The maximum atomic E-state index is 12.0. The molecule has 0 radical (unpaired) electrons. The van der Waals surface area contributed by atoms with Crippen LogP contribution in [0.5, 0.6) is 0 Å². The number of amides is 1. The number of hydrogen-bond donors (Lipinski definition) is 1. The van der Waals surface area contributed by atoms with Gasteiger partial charge in [0.1, 0.15) is 0 Å². The molecule has 8 heteroatoms. The summed E-state index contributed by atoms with van der Waals surface area (Å²) in [6.07, 6.45) is 0.979. The molecule has 1 amide bonds. The number of carbonyl (C=O) groups excluding carboxylic acids is 1. The average molecular weight is 312 g/mol. The van der Waals surface area contributed by atoms with Crippen LogP contribution in [0, 0.1) is 0 Å². The molecule has 6 nitrogen and oxygen atoms in total. The smallest absolute Gasteiger partial charge is 0.223 e. The molecule has 2 fully saturated rings.